The van der Waals surface area contributed by atoms with Crippen LogP contribution in [0.4, 0.5) is 0 Å². The van der Waals surface area contributed by atoms with Crippen molar-refractivity contribution in [3.8, 4) is 6.07 Å². The first-order valence-electron chi connectivity index (χ1n) is 7.95. The first kappa shape index (κ1) is 19.2. The van der Waals surface area contributed by atoms with Crippen LogP contribution in [0.1, 0.15) is 32.1 Å². The van der Waals surface area contributed by atoms with Crippen molar-refractivity contribution in [2.24, 2.45) is 0 Å². The molecule has 0 saturated heterocycles. The van der Waals surface area contributed by atoms with Gasteiger partial charge in [-0.05, 0) is 37.3 Å². The van der Waals surface area contributed by atoms with Crippen molar-refractivity contribution in [1.82, 2.24) is 5.32 Å². The van der Waals surface area contributed by atoms with E-state index in [9.17, 15) is 10.1 Å². The van der Waals surface area contributed by atoms with Crippen LogP contribution in [0.2, 0.25) is 0 Å². The third-order valence-electron chi connectivity index (χ3n) is 3.48. The van der Waals surface area contributed by atoms with E-state index in [2.05, 4.69) is 5.32 Å². The molecular formula is C17H26N2O4. The molecule has 23 heavy (non-hydrogen) atoms. The Hall–Kier alpha value is -1.84. The standard InChI is InChI=1S/C17H26N2O4/c1-21-9-4-8-19-15-7-3-6-14(12-15)16(13-18)17(20)23-11-5-10-22-2/h12,19H,3-11H2,1-2H3/b16-14+. The SMILES string of the molecule is COCCCNC1=C/C(=C(\C#N)C(=O)OCCCOC)CCC1. The highest BCUT2D eigenvalue weighted by Crippen LogP contribution is 2.24. The molecule has 0 fully saturated rings. The van der Waals surface area contributed by atoms with Gasteiger partial charge in [0, 0.05) is 46.1 Å². The number of carbonyl (C=O) groups excluding carboxylic acids is 1. The Morgan fingerprint density at radius 2 is 1.96 bits per heavy atom. The maximum absolute atomic E-state index is 12.0. The summed E-state index contributed by atoms with van der Waals surface area (Å²) in [7, 11) is 3.27. The molecule has 1 aliphatic carbocycles. The summed E-state index contributed by atoms with van der Waals surface area (Å²) in [5, 5.41) is 12.6. The normalized spacial score (nSPS) is 16.3. The van der Waals surface area contributed by atoms with Crippen LogP contribution in [0.25, 0.3) is 0 Å². The van der Waals surface area contributed by atoms with Gasteiger partial charge in [-0.1, -0.05) is 0 Å². The third-order valence-corrected chi connectivity index (χ3v) is 3.48. The van der Waals surface area contributed by atoms with E-state index in [0.717, 1.165) is 43.5 Å². The molecular weight excluding hydrogens is 296 g/mol. The minimum Gasteiger partial charge on any atom is -0.461 e. The van der Waals surface area contributed by atoms with Crippen LogP contribution in [0.3, 0.4) is 0 Å². The van der Waals surface area contributed by atoms with Crippen LogP contribution in [0.5, 0.6) is 0 Å². The average molecular weight is 322 g/mol. The third kappa shape index (κ3) is 7.31. The summed E-state index contributed by atoms with van der Waals surface area (Å²) in [4.78, 5) is 12.0. The van der Waals surface area contributed by atoms with Crippen LogP contribution in [0, 0.1) is 11.3 Å². The zero-order valence-corrected chi connectivity index (χ0v) is 14.0. The summed E-state index contributed by atoms with van der Waals surface area (Å²) in [6, 6.07) is 1.99. The molecule has 0 aliphatic heterocycles. The van der Waals surface area contributed by atoms with Crippen LogP contribution < -0.4 is 5.32 Å². The molecule has 0 atom stereocenters. The molecule has 6 heteroatoms. The molecule has 0 bridgehead atoms. The molecule has 0 aromatic heterocycles. The molecule has 0 amide bonds. The van der Waals surface area contributed by atoms with Gasteiger partial charge in [0.05, 0.1) is 6.61 Å². The summed E-state index contributed by atoms with van der Waals surface area (Å²) in [6.07, 6.45) is 6.02. The van der Waals surface area contributed by atoms with Crippen LogP contribution in [-0.4, -0.2) is 46.6 Å². The number of nitrogens with one attached hydrogen (secondary N) is 1. The quantitative estimate of drug-likeness (QED) is 0.287. The molecule has 6 nitrogen and oxygen atoms in total. The van der Waals surface area contributed by atoms with E-state index in [-0.39, 0.29) is 12.2 Å². The molecule has 1 N–H and O–H groups in total. The van der Waals surface area contributed by atoms with Crippen LogP contribution in [-0.2, 0) is 19.0 Å². The molecule has 0 saturated carbocycles. The van der Waals surface area contributed by atoms with Crippen molar-refractivity contribution in [3.05, 3.63) is 22.9 Å². The molecule has 0 aromatic rings. The van der Waals surface area contributed by atoms with Crippen molar-refractivity contribution in [2.75, 3.05) is 40.6 Å². The fourth-order valence-electron chi connectivity index (χ4n) is 2.31. The van der Waals surface area contributed by atoms with Gasteiger partial charge in [-0.2, -0.15) is 5.26 Å². The first-order chi connectivity index (χ1) is 11.2. The number of hydrogen-bond donors (Lipinski definition) is 1. The lowest BCUT2D eigenvalue weighted by Crippen LogP contribution is -2.19. The molecule has 0 spiro atoms. The van der Waals surface area contributed by atoms with E-state index in [1.807, 2.05) is 12.1 Å². The lowest BCUT2D eigenvalue weighted by molar-refractivity contribution is -0.138. The van der Waals surface area contributed by atoms with Gasteiger partial charge in [-0.3, -0.25) is 0 Å². The zero-order valence-electron chi connectivity index (χ0n) is 14.0. The topological polar surface area (TPSA) is 80.6 Å². The second kappa shape index (κ2) is 11.7. The van der Waals surface area contributed by atoms with Gasteiger partial charge in [0.1, 0.15) is 11.6 Å². The zero-order chi connectivity index (χ0) is 16.9. The van der Waals surface area contributed by atoms with Gasteiger partial charge in [0.15, 0.2) is 0 Å². The summed E-state index contributed by atoms with van der Waals surface area (Å²) >= 11 is 0. The van der Waals surface area contributed by atoms with Crippen LogP contribution >= 0.6 is 0 Å². The Kier molecular flexibility index (Phi) is 9.76. The monoisotopic (exact) mass is 322 g/mol. The average Bonchev–Trinajstić information content (AvgIpc) is 2.57. The second-order valence-corrected chi connectivity index (χ2v) is 5.29. The predicted molar refractivity (Wildman–Crippen MR) is 86.5 cm³/mol. The number of carbonyl (C=O) groups is 1. The van der Waals surface area contributed by atoms with Gasteiger partial charge in [0.25, 0.3) is 0 Å². The lowest BCUT2D eigenvalue weighted by atomic mass is 9.95. The molecule has 128 valence electrons. The minimum absolute atomic E-state index is 0.110. The smallest absolute Gasteiger partial charge is 0.349 e. The molecule has 0 unspecified atom stereocenters. The van der Waals surface area contributed by atoms with Crippen molar-refractivity contribution >= 4 is 5.97 Å². The van der Waals surface area contributed by atoms with E-state index >= 15 is 0 Å². The summed E-state index contributed by atoms with van der Waals surface area (Å²) < 4.78 is 15.0. The van der Waals surface area contributed by atoms with E-state index in [1.54, 1.807) is 14.2 Å². The van der Waals surface area contributed by atoms with Crippen LogP contribution in [0.15, 0.2) is 22.9 Å². The lowest BCUT2D eigenvalue weighted by Gasteiger charge is -2.18. The van der Waals surface area contributed by atoms with Gasteiger partial charge in [-0.25, -0.2) is 4.79 Å². The molecule has 0 aromatic carbocycles. The van der Waals surface area contributed by atoms with E-state index in [1.165, 1.54) is 0 Å². The number of ether oxygens (including phenoxy) is 3. The first-order valence-corrected chi connectivity index (χ1v) is 7.95. The summed E-state index contributed by atoms with van der Waals surface area (Å²) in [6.45, 7) is 2.31. The number of nitriles is 1. The largest absolute Gasteiger partial charge is 0.461 e. The molecule has 1 aliphatic rings. The Bertz CT molecular complexity index is 477. The Labute approximate surface area is 138 Å². The maximum Gasteiger partial charge on any atom is 0.349 e. The van der Waals surface area contributed by atoms with Gasteiger partial charge >= 0.3 is 5.97 Å². The maximum atomic E-state index is 12.0. The number of methoxy groups -OCH3 is 2. The van der Waals surface area contributed by atoms with Crippen molar-refractivity contribution in [3.63, 3.8) is 0 Å². The highest BCUT2D eigenvalue weighted by Gasteiger charge is 2.18. The van der Waals surface area contributed by atoms with Crippen molar-refractivity contribution in [2.45, 2.75) is 32.1 Å². The van der Waals surface area contributed by atoms with Crippen molar-refractivity contribution in [1.29, 1.82) is 5.26 Å². The van der Waals surface area contributed by atoms with E-state index < -0.39 is 5.97 Å². The Morgan fingerprint density at radius 1 is 1.22 bits per heavy atom. The fourth-order valence-corrected chi connectivity index (χ4v) is 2.31. The molecule has 1 rings (SSSR count). The highest BCUT2D eigenvalue weighted by molar-refractivity contribution is 5.94. The highest BCUT2D eigenvalue weighted by atomic mass is 16.5. The second-order valence-electron chi connectivity index (χ2n) is 5.29. The number of rotatable bonds is 10. The number of nitrogens with zero attached hydrogens (tertiary/aromatic N) is 1. The molecule has 0 radical (unpaired) electrons. The summed E-state index contributed by atoms with van der Waals surface area (Å²) in [5.74, 6) is -0.546. The van der Waals surface area contributed by atoms with E-state index in [4.69, 9.17) is 14.2 Å². The van der Waals surface area contributed by atoms with Gasteiger partial charge in [-0.15, -0.1) is 0 Å². The molecule has 0 heterocycles. The number of esters is 1. The van der Waals surface area contributed by atoms with Crippen molar-refractivity contribution < 1.29 is 19.0 Å². The summed E-state index contributed by atoms with van der Waals surface area (Å²) in [5.41, 5.74) is 1.92. The van der Waals surface area contributed by atoms with Gasteiger partial charge in [0.2, 0.25) is 0 Å². The van der Waals surface area contributed by atoms with Gasteiger partial charge < -0.3 is 19.5 Å². The minimum atomic E-state index is -0.546. The number of hydrogen-bond acceptors (Lipinski definition) is 6. The predicted octanol–water partition coefficient (Wildman–Crippen LogP) is 2.08. The fraction of sp³-hybridized carbons (Fsp3) is 0.647. The Balaban J connectivity index is 2.63. The number of allylic oxidation sites excluding steroid dienone is 3. The Morgan fingerprint density at radius 3 is 2.65 bits per heavy atom. The van der Waals surface area contributed by atoms with E-state index in [0.29, 0.717) is 19.6 Å².